The van der Waals surface area contributed by atoms with Gasteiger partial charge in [0.15, 0.2) is 6.29 Å². The number of aromatic nitrogens is 1. The number of nitrogens with one attached hydrogen (secondary N) is 1. The van der Waals surface area contributed by atoms with Gasteiger partial charge in [-0.1, -0.05) is 43.3 Å². The van der Waals surface area contributed by atoms with Crippen molar-refractivity contribution in [3.8, 4) is 0 Å². The van der Waals surface area contributed by atoms with Crippen molar-refractivity contribution in [2.45, 2.75) is 44.0 Å². The molecule has 1 aromatic heterocycles. The smallest absolute Gasteiger partial charge is 0.338 e. The summed E-state index contributed by atoms with van der Waals surface area (Å²) in [6.45, 7) is 3.46. The summed E-state index contributed by atoms with van der Waals surface area (Å²) in [5, 5.41) is 22.1. The molecule has 4 rings (SSSR count). The topological polar surface area (TPSA) is 118 Å². The molecule has 0 radical (unpaired) electrons. The van der Waals surface area contributed by atoms with Gasteiger partial charge in [-0.25, -0.2) is 9.78 Å². The predicted molar refractivity (Wildman–Crippen MR) is 136 cm³/mol. The first-order valence-corrected chi connectivity index (χ1v) is 12.5. The molecule has 0 spiro atoms. The number of benzene rings is 2. The summed E-state index contributed by atoms with van der Waals surface area (Å²) < 4.78 is 12.8. The van der Waals surface area contributed by atoms with Crippen LogP contribution in [0.4, 0.5) is 5.69 Å². The summed E-state index contributed by atoms with van der Waals surface area (Å²) in [4.78, 5) is 27.2. The molecule has 4 atom stereocenters. The maximum Gasteiger partial charge on any atom is 0.338 e. The Morgan fingerprint density at radius 3 is 2.36 bits per heavy atom. The van der Waals surface area contributed by atoms with Gasteiger partial charge in [0.25, 0.3) is 0 Å². The predicted octanol–water partition coefficient (Wildman–Crippen LogP) is 4.81. The van der Waals surface area contributed by atoms with Gasteiger partial charge in [-0.2, -0.15) is 0 Å². The number of ether oxygens (including phenoxy) is 2. The van der Waals surface area contributed by atoms with Crippen LogP contribution in [0.25, 0.3) is 0 Å². The molecule has 0 unspecified atom stereocenters. The van der Waals surface area contributed by atoms with E-state index in [9.17, 15) is 19.8 Å². The number of carboxylic acid groups (broad SMARTS) is 1. The van der Waals surface area contributed by atoms with Crippen molar-refractivity contribution in [2.75, 3.05) is 11.1 Å². The molecular formula is C27H28N2O6S. The van der Waals surface area contributed by atoms with Crippen LogP contribution in [0.15, 0.2) is 71.9 Å². The average molecular weight is 509 g/mol. The van der Waals surface area contributed by atoms with Gasteiger partial charge in [-0.05, 0) is 35.4 Å². The number of carbonyl (C=O) groups excluding carboxylic acids is 1. The summed E-state index contributed by atoms with van der Waals surface area (Å²) in [5.41, 5.74) is 3.40. The Bertz CT molecular complexity index is 1200. The number of aromatic carboxylic acids is 1. The largest absolute Gasteiger partial charge is 0.478 e. The molecule has 3 aromatic rings. The number of aliphatic hydroxyl groups excluding tert-OH is 1. The van der Waals surface area contributed by atoms with Gasteiger partial charge >= 0.3 is 5.97 Å². The van der Waals surface area contributed by atoms with Crippen LogP contribution in [-0.2, 0) is 20.9 Å². The first kappa shape index (κ1) is 25.8. The van der Waals surface area contributed by atoms with Crippen LogP contribution in [0.3, 0.4) is 0 Å². The molecule has 36 heavy (non-hydrogen) atoms. The van der Waals surface area contributed by atoms with Crippen molar-refractivity contribution in [1.82, 2.24) is 4.98 Å². The molecule has 2 aromatic carbocycles. The van der Waals surface area contributed by atoms with E-state index >= 15 is 0 Å². The first-order chi connectivity index (χ1) is 17.4. The molecule has 8 nitrogen and oxygen atoms in total. The molecule has 188 valence electrons. The van der Waals surface area contributed by atoms with E-state index in [2.05, 4.69) is 10.3 Å². The minimum Gasteiger partial charge on any atom is -0.478 e. The number of anilines is 1. The highest BCUT2D eigenvalue weighted by molar-refractivity contribution is 7.99. The SMILES string of the molecule is CC(=O)Nc1ccc([C@H]2O[C@@H](CSc3ncccc3C(=O)O)[C@@H](C)[C@@H](c3ccc(CO)cc3)O2)cc1. The zero-order valence-electron chi connectivity index (χ0n) is 20.0. The molecule has 2 heterocycles. The van der Waals surface area contributed by atoms with E-state index in [1.54, 1.807) is 24.4 Å². The summed E-state index contributed by atoms with van der Waals surface area (Å²) >= 11 is 1.34. The number of pyridine rings is 1. The monoisotopic (exact) mass is 508 g/mol. The highest BCUT2D eigenvalue weighted by Crippen LogP contribution is 2.43. The van der Waals surface area contributed by atoms with Crippen LogP contribution in [0.5, 0.6) is 0 Å². The Balaban J connectivity index is 1.59. The lowest BCUT2D eigenvalue weighted by molar-refractivity contribution is -0.268. The van der Waals surface area contributed by atoms with Crippen LogP contribution in [0, 0.1) is 5.92 Å². The van der Waals surface area contributed by atoms with Gasteiger partial charge in [0.05, 0.1) is 24.4 Å². The van der Waals surface area contributed by atoms with Crippen molar-refractivity contribution in [3.05, 3.63) is 89.1 Å². The minimum atomic E-state index is -1.02. The Hall–Kier alpha value is -3.24. The molecule has 9 heteroatoms. The molecule has 1 amide bonds. The van der Waals surface area contributed by atoms with Crippen LogP contribution in [-0.4, -0.2) is 38.9 Å². The van der Waals surface area contributed by atoms with Gasteiger partial charge in [0.1, 0.15) is 5.03 Å². The van der Waals surface area contributed by atoms with Crippen molar-refractivity contribution < 1.29 is 29.3 Å². The Kier molecular flexibility index (Phi) is 8.37. The molecule has 0 saturated carbocycles. The lowest BCUT2D eigenvalue weighted by Gasteiger charge is -2.41. The van der Waals surface area contributed by atoms with Gasteiger partial charge in [-0.15, -0.1) is 11.8 Å². The third-order valence-corrected chi connectivity index (χ3v) is 7.11. The summed E-state index contributed by atoms with van der Waals surface area (Å²) in [6.07, 6.45) is 0.353. The number of rotatable bonds is 8. The number of amides is 1. The zero-order chi connectivity index (χ0) is 25.7. The normalized spacial score (nSPS) is 21.6. The summed E-state index contributed by atoms with van der Waals surface area (Å²) in [6, 6.07) is 18.1. The Morgan fingerprint density at radius 2 is 1.72 bits per heavy atom. The van der Waals surface area contributed by atoms with E-state index in [1.165, 1.54) is 24.8 Å². The quantitative estimate of drug-likeness (QED) is 0.371. The van der Waals surface area contributed by atoms with E-state index in [1.807, 2.05) is 43.3 Å². The fraction of sp³-hybridized carbons (Fsp3) is 0.296. The van der Waals surface area contributed by atoms with Crippen molar-refractivity contribution in [3.63, 3.8) is 0 Å². The van der Waals surface area contributed by atoms with Crippen LogP contribution < -0.4 is 5.32 Å². The maximum atomic E-state index is 11.6. The highest BCUT2D eigenvalue weighted by atomic mass is 32.2. The number of aliphatic hydroxyl groups is 1. The number of thioether (sulfide) groups is 1. The Labute approximate surface area is 213 Å². The van der Waals surface area contributed by atoms with Gasteiger partial charge in [0, 0.05) is 36.0 Å². The number of nitrogens with zero attached hydrogens (tertiary/aromatic N) is 1. The second kappa shape index (κ2) is 11.7. The summed E-state index contributed by atoms with van der Waals surface area (Å²) in [7, 11) is 0. The zero-order valence-corrected chi connectivity index (χ0v) is 20.8. The van der Waals surface area contributed by atoms with Crippen molar-refractivity contribution in [1.29, 1.82) is 0 Å². The molecule has 0 bridgehead atoms. The molecule has 0 aliphatic carbocycles. The average Bonchev–Trinajstić information content (AvgIpc) is 2.88. The first-order valence-electron chi connectivity index (χ1n) is 11.5. The van der Waals surface area contributed by atoms with E-state index in [0.29, 0.717) is 16.5 Å². The van der Waals surface area contributed by atoms with E-state index < -0.39 is 12.3 Å². The summed E-state index contributed by atoms with van der Waals surface area (Å²) in [5.74, 6) is -0.747. The fourth-order valence-electron chi connectivity index (χ4n) is 4.07. The third kappa shape index (κ3) is 6.11. The number of carboxylic acids is 1. The third-order valence-electron chi connectivity index (χ3n) is 6.01. The second-order valence-corrected chi connectivity index (χ2v) is 9.61. The van der Waals surface area contributed by atoms with Gasteiger partial charge in [0.2, 0.25) is 5.91 Å². The van der Waals surface area contributed by atoms with Crippen molar-refractivity contribution in [2.24, 2.45) is 5.92 Å². The maximum absolute atomic E-state index is 11.6. The van der Waals surface area contributed by atoms with E-state index in [0.717, 1.165) is 16.7 Å². The standard InChI is InChI=1S/C27H28N2O6S/c1-16-23(15-36-25-22(26(32)33)4-3-13-28-25)34-27(20-9-11-21(12-10-20)29-17(2)31)35-24(16)19-7-5-18(14-30)6-8-19/h3-13,16,23-24,27,30H,14-15H2,1-2H3,(H,29,31)(H,32,33)/t16-,23+,24+,27+/m1/s1. The minimum absolute atomic E-state index is 0.0387. The number of hydrogen-bond acceptors (Lipinski definition) is 7. The molecule has 1 saturated heterocycles. The Morgan fingerprint density at radius 1 is 1.03 bits per heavy atom. The second-order valence-electron chi connectivity index (χ2n) is 8.60. The van der Waals surface area contributed by atoms with Crippen LogP contribution in [0.2, 0.25) is 0 Å². The van der Waals surface area contributed by atoms with E-state index in [4.69, 9.17) is 9.47 Å². The molecule has 1 fully saturated rings. The fourth-order valence-corrected chi connectivity index (χ4v) is 5.22. The lowest BCUT2D eigenvalue weighted by atomic mass is 9.91. The highest BCUT2D eigenvalue weighted by Gasteiger charge is 2.38. The number of hydrogen-bond donors (Lipinski definition) is 3. The van der Waals surface area contributed by atoms with Gasteiger partial charge in [-0.3, -0.25) is 4.79 Å². The van der Waals surface area contributed by atoms with E-state index in [-0.39, 0.29) is 36.2 Å². The molecule has 1 aliphatic rings. The van der Waals surface area contributed by atoms with Gasteiger partial charge < -0.3 is 25.0 Å². The van der Waals surface area contributed by atoms with Crippen LogP contribution in [0.1, 0.15) is 53.3 Å². The lowest BCUT2D eigenvalue weighted by Crippen LogP contribution is -2.38. The van der Waals surface area contributed by atoms with Crippen LogP contribution >= 0.6 is 11.8 Å². The molecule has 1 aliphatic heterocycles. The molecule has 3 N–H and O–H groups in total. The number of carbonyl (C=O) groups is 2. The van der Waals surface area contributed by atoms with Crippen molar-refractivity contribution >= 4 is 29.3 Å². The molecular weight excluding hydrogens is 480 g/mol.